The largest absolute Gasteiger partial charge is 0.481 e. The van der Waals surface area contributed by atoms with Crippen LogP contribution in [0.5, 0.6) is 5.88 Å². The van der Waals surface area contributed by atoms with Crippen LogP contribution in [-0.4, -0.2) is 52.0 Å². The molecule has 1 amide bonds. The van der Waals surface area contributed by atoms with Crippen molar-refractivity contribution in [2.45, 2.75) is 24.8 Å². The lowest BCUT2D eigenvalue weighted by Crippen LogP contribution is -2.37. The molecule has 0 aromatic carbocycles. The molecule has 0 unspecified atom stereocenters. The number of aromatic nitrogens is 4. The molecule has 1 saturated carbocycles. The van der Waals surface area contributed by atoms with E-state index in [1.54, 1.807) is 43.8 Å². The first-order chi connectivity index (χ1) is 14.5. The number of H-pyrrole nitrogens is 1. The molecule has 156 valence electrons. The number of hydrogen-bond acceptors (Lipinski definition) is 6. The number of amides is 1. The van der Waals surface area contributed by atoms with Gasteiger partial charge in [0.05, 0.1) is 18.2 Å². The van der Waals surface area contributed by atoms with Crippen LogP contribution < -0.4 is 15.6 Å². The van der Waals surface area contributed by atoms with Crippen molar-refractivity contribution in [2.24, 2.45) is 0 Å². The molecule has 1 fully saturated rings. The van der Waals surface area contributed by atoms with Gasteiger partial charge in [0.2, 0.25) is 5.88 Å². The van der Waals surface area contributed by atoms with Crippen molar-refractivity contribution < 1.29 is 14.3 Å². The predicted molar refractivity (Wildman–Crippen MR) is 110 cm³/mol. The van der Waals surface area contributed by atoms with Crippen LogP contribution >= 0.6 is 0 Å². The summed E-state index contributed by atoms with van der Waals surface area (Å²) in [4.78, 5) is 33.7. The molecule has 3 aromatic rings. The molecule has 3 aromatic heterocycles. The Morgan fingerprint density at radius 1 is 1.27 bits per heavy atom. The molecule has 0 radical (unpaired) electrons. The maximum Gasteiger partial charge on any atom is 0.280 e. The first-order valence-electron chi connectivity index (χ1n) is 9.64. The second-order valence-corrected chi connectivity index (χ2v) is 7.30. The average molecular weight is 409 g/mol. The molecule has 1 aliphatic rings. The molecule has 0 aliphatic heterocycles. The van der Waals surface area contributed by atoms with Gasteiger partial charge in [0.15, 0.2) is 5.82 Å². The van der Waals surface area contributed by atoms with Crippen molar-refractivity contribution in [3.8, 4) is 22.8 Å². The van der Waals surface area contributed by atoms with Gasteiger partial charge in [-0.3, -0.25) is 14.7 Å². The summed E-state index contributed by atoms with van der Waals surface area (Å²) in [6.07, 6.45) is 7.35. The summed E-state index contributed by atoms with van der Waals surface area (Å²) < 4.78 is 11.6. The third-order valence-electron chi connectivity index (χ3n) is 5.28. The highest BCUT2D eigenvalue weighted by Gasteiger charge is 2.43. The molecule has 0 spiro atoms. The Morgan fingerprint density at radius 3 is 2.77 bits per heavy atom. The van der Waals surface area contributed by atoms with Gasteiger partial charge in [0.1, 0.15) is 0 Å². The fraction of sp³-hybridized carbons (Fsp3) is 0.333. The molecule has 9 heteroatoms. The summed E-state index contributed by atoms with van der Waals surface area (Å²) in [6, 6.07) is 6.72. The molecule has 0 bridgehead atoms. The standard InChI is InChI=1S/C21H23N5O4/c1-29-10-8-21(6-7-21)25-19(27)15-3-4-17(23-12-15)26-20(28)16(13-24-26)14-5-9-22-18(11-14)30-2/h3-5,9,11-13,24H,6-8,10H2,1-2H3,(H,25,27). The van der Waals surface area contributed by atoms with Crippen molar-refractivity contribution in [3.05, 3.63) is 58.8 Å². The number of pyridine rings is 2. The summed E-state index contributed by atoms with van der Waals surface area (Å²) in [7, 11) is 3.17. The maximum absolute atomic E-state index is 12.8. The quantitative estimate of drug-likeness (QED) is 0.588. The zero-order valence-electron chi connectivity index (χ0n) is 16.8. The van der Waals surface area contributed by atoms with Crippen molar-refractivity contribution in [3.63, 3.8) is 0 Å². The van der Waals surface area contributed by atoms with Gasteiger partial charge in [-0.05, 0) is 43.0 Å². The number of rotatable bonds is 8. The number of carbonyl (C=O) groups is 1. The monoisotopic (exact) mass is 409 g/mol. The first-order valence-corrected chi connectivity index (χ1v) is 9.64. The molecule has 2 N–H and O–H groups in total. The van der Waals surface area contributed by atoms with E-state index in [9.17, 15) is 9.59 Å². The zero-order chi connectivity index (χ0) is 21.1. The van der Waals surface area contributed by atoms with E-state index in [0.717, 1.165) is 19.3 Å². The molecule has 1 aliphatic carbocycles. The molecule has 4 rings (SSSR count). The Morgan fingerprint density at radius 2 is 2.10 bits per heavy atom. The van der Waals surface area contributed by atoms with Crippen LogP contribution in [0, 0.1) is 0 Å². The van der Waals surface area contributed by atoms with Crippen molar-refractivity contribution >= 4 is 5.91 Å². The van der Waals surface area contributed by atoms with E-state index in [4.69, 9.17) is 9.47 Å². The number of hydrogen-bond donors (Lipinski definition) is 2. The van der Waals surface area contributed by atoms with Gasteiger partial charge in [-0.25, -0.2) is 14.6 Å². The van der Waals surface area contributed by atoms with E-state index >= 15 is 0 Å². The summed E-state index contributed by atoms with van der Waals surface area (Å²) in [5.74, 6) is 0.641. The molecular weight excluding hydrogens is 386 g/mol. The average Bonchev–Trinajstić information content (AvgIpc) is 3.43. The van der Waals surface area contributed by atoms with Crippen molar-refractivity contribution in [1.82, 2.24) is 25.1 Å². The van der Waals surface area contributed by atoms with Gasteiger partial charge in [-0.1, -0.05) is 0 Å². The lowest BCUT2D eigenvalue weighted by Gasteiger charge is -2.16. The van der Waals surface area contributed by atoms with E-state index in [0.29, 0.717) is 35.0 Å². The Labute approximate surface area is 173 Å². The Bertz CT molecular complexity index is 1100. The predicted octanol–water partition coefficient (Wildman–Crippen LogP) is 1.93. The third-order valence-corrected chi connectivity index (χ3v) is 5.28. The maximum atomic E-state index is 12.8. The highest BCUT2D eigenvalue weighted by molar-refractivity contribution is 5.94. The summed E-state index contributed by atoms with van der Waals surface area (Å²) in [6.45, 7) is 0.610. The number of nitrogens with one attached hydrogen (secondary N) is 2. The number of carbonyl (C=O) groups excluding carboxylic acids is 1. The Hall–Kier alpha value is -3.46. The summed E-state index contributed by atoms with van der Waals surface area (Å²) >= 11 is 0. The lowest BCUT2D eigenvalue weighted by atomic mass is 10.1. The van der Waals surface area contributed by atoms with Gasteiger partial charge >= 0.3 is 0 Å². The van der Waals surface area contributed by atoms with Crippen LogP contribution in [0.25, 0.3) is 16.9 Å². The van der Waals surface area contributed by atoms with Gasteiger partial charge < -0.3 is 14.8 Å². The van der Waals surface area contributed by atoms with E-state index in [1.165, 1.54) is 18.0 Å². The molecule has 9 nitrogen and oxygen atoms in total. The van der Waals surface area contributed by atoms with Crippen LogP contribution in [0.4, 0.5) is 0 Å². The minimum atomic E-state index is -0.260. The third kappa shape index (κ3) is 3.97. The van der Waals surface area contributed by atoms with Gasteiger partial charge in [0, 0.05) is 43.9 Å². The summed E-state index contributed by atoms with van der Waals surface area (Å²) in [5, 5.41) is 5.98. The van der Waals surface area contributed by atoms with E-state index < -0.39 is 0 Å². The molecule has 3 heterocycles. The minimum Gasteiger partial charge on any atom is -0.481 e. The highest BCUT2D eigenvalue weighted by Crippen LogP contribution is 2.38. The Kier molecular flexibility index (Phi) is 5.37. The second-order valence-electron chi connectivity index (χ2n) is 7.30. The van der Waals surface area contributed by atoms with Crippen LogP contribution in [0.15, 0.2) is 47.7 Å². The minimum absolute atomic E-state index is 0.164. The topological polar surface area (TPSA) is 111 Å². The fourth-order valence-electron chi connectivity index (χ4n) is 3.29. The fourth-order valence-corrected chi connectivity index (χ4v) is 3.29. The lowest BCUT2D eigenvalue weighted by molar-refractivity contribution is 0.0916. The van der Waals surface area contributed by atoms with Crippen LogP contribution in [-0.2, 0) is 4.74 Å². The number of aromatic amines is 1. The van der Waals surface area contributed by atoms with E-state index in [2.05, 4.69) is 20.4 Å². The van der Waals surface area contributed by atoms with Crippen LogP contribution in [0.3, 0.4) is 0 Å². The number of nitrogens with zero attached hydrogens (tertiary/aromatic N) is 3. The zero-order valence-corrected chi connectivity index (χ0v) is 16.8. The van der Waals surface area contributed by atoms with Gasteiger partial charge in [-0.2, -0.15) is 0 Å². The molecule has 0 saturated heterocycles. The molecule has 30 heavy (non-hydrogen) atoms. The summed E-state index contributed by atoms with van der Waals surface area (Å²) in [5.41, 5.74) is 1.17. The van der Waals surface area contributed by atoms with Gasteiger partial charge in [0.25, 0.3) is 11.5 Å². The smallest absolute Gasteiger partial charge is 0.280 e. The molecule has 0 atom stereocenters. The van der Waals surface area contributed by atoms with E-state index in [1.807, 2.05) is 0 Å². The van der Waals surface area contributed by atoms with E-state index in [-0.39, 0.29) is 17.0 Å². The van der Waals surface area contributed by atoms with Crippen molar-refractivity contribution in [2.75, 3.05) is 20.8 Å². The number of methoxy groups -OCH3 is 2. The Balaban J connectivity index is 1.51. The first kappa shape index (κ1) is 19.8. The highest BCUT2D eigenvalue weighted by atomic mass is 16.5. The normalized spacial score (nSPS) is 14.3. The van der Waals surface area contributed by atoms with Crippen molar-refractivity contribution in [1.29, 1.82) is 0 Å². The van der Waals surface area contributed by atoms with Gasteiger partial charge in [-0.15, -0.1) is 0 Å². The van der Waals surface area contributed by atoms with Crippen LogP contribution in [0.2, 0.25) is 0 Å². The number of ether oxygens (including phenoxy) is 2. The SMILES string of the molecule is COCCC1(NC(=O)c2ccc(-n3[nH]cc(-c4ccnc(OC)c4)c3=O)nc2)CC1. The van der Waals surface area contributed by atoms with Crippen LogP contribution in [0.1, 0.15) is 29.6 Å². The second kappa shape index (κ2) is 8.11. The molecular formula is C21H23N5O4.